The van der Waals surface area contributed by atoms with Crippen LogP contribution in [0.25, 0.3) is 44.2 Å². The van der Waals surface area contributed by atoms with Gasteiger partial charge in [0.05, 0.1) is 0 Å². The lowest BCUT2D eigenvalue weighted by Crippen LogP contribution is -1.91. The number of furan rings is 1. The second kappa shape index (κ2) is 7.11. The van der Waals surface area contributed by atoms with Crippen LogP contribution in [-0.4, -0.2) is 0 Å². The first-order valence-corrected chi connectivity index (χ1v) is 11.3. The number of fused-ring (bicyclic) bond motifs is 6. The molecule has 5 aromatic carbocycles. The second-order valence-electron chi connectivity index (χ2n) is 8.72. The standard InChI is InChI=1S/C31H21NO/c1-3-7-27-20(5-1)9-10-23-17-24-18-26(15-16-28(24)31(23)27)32-25-13-11-21(12-14-25)30-19-22-6-2-4-8-29(22)33-30/h1-16,18-19,32H,17H2. The lowest BCUT2D eigenvalue weighted by Gasteiger charge is -2.10. The molecule has 1 aromatic heterocycles. The van der Waals surface area contributed by atoms with Crippen LogP contribution in [0.3, 0.4) is 0 Å². The van der Waals surface area contributed by atoms with E-state index in [1.165, 1.54) is 33.0 Å². The molecule has 6 aromatic rings. The Morgan fingerprint density at radius 2 is 1.39 bits per heavy atom. The zero-order valence-corrected chi connectivity index (χ0v) is 18.0. The predicted octanol–water partition coefficient (Wildman–Crippen LogP) is 8.57. The highest BCUT2D eigenvalue weighted by molar-refractivity contribution is 6.01. The molecule has 0 aliphatic heterocycles. The van der Waals surface area contributed by atoms with Gasteiger partial charge in [0.1, 0.15) is 11.3 Å². The van der Waals surface area contributed by atoms with Crippen LogP contribution >= 0.6 is 0 Å². The van der Waals surface area contributed by atoms with E-state index in [0.29, 0.717) is 0 Å². The van der Waals surface area contributed by atoms with Gasteiger partial charge < -0.3 is 9.73 Å². The molecule has 2 nitrogen and oxygen atoms in total. The third-order valence-corrected chi connectivity index (χ3v) is 6.65. The van der Waals surface area contributed by atoms with Crippen molar-refractivity contribution in [2.24, 2.45) is 0 Å². The highest BCUT2D eigenvalue weighted by atomic mass is 16.3. The van der Waals surface area contributed by atoms with Crippen molar-refractivity contribution in [3.05, 3.63) is 120 Å². The van der Waals surface area contributed by atoms with Crippen LogP contribution in [0, 0.1) is 0 Å². The Balaban J connectivity index is 1.17. The molecule has 0 atom stereocenters. The summed E-state index contributed by atoms with van der Waals surface area (Å²) in [4.78, 5) is 0. The van der Waals surface area contributed by atoms with Gasteiger partial charge >= 0.3 is 0 Å². The maximum absolute atomic E-state index is 6.00. The van der Waals surface area contributed by atoms with Gasteiger partial charge in [-0.1, -0.05) is 60.7 Å². The van der Waals surface area contributed by atoms with Crippen molar-refractivity contribution in [2.45, 2.75) is 6.42 Å². The number of para-hydroxylation sites is 1. The van der Waals surface area contributed by atoms with Gasteiger partial charge in [0.15, 0.2) is 0 Å². The molecule has 0 unspecified atom stereocenters. The Morgan fingerprint density at radius 3 is 2.27 bits per heavy atom. The Kier molecular flexibility index (Phi) is 3.94. The third kappa shape index (κ3) is 3.03. The number of nitrogens with one attached hydrogen (secondary N) is 1. The van der Waals surface area contributed by atoms with E-state index in [1.807, 2.05) is 18.2 Å². The minimum Gasteiger partial charge on any atom is -0.456 e. The molecule has 0 fully saturated rings. The zero-order valence-electron chi connectivity index (χ0n) is 18.0. The summed E-state index contributed by atoms with van der Waals surface area (Å²) in [5, 5.41) is 7.34. The fraction of sp³-hybridized carbons (Fsp3) is 0.0323. The van der Waals surface area contributed by atoms with Crippen molar-refractivity contribution in [1.82, 2.24) is 0 Å². The van der Waals surface area contributed by atoms with Gasteiger partial charge in [-0.05, 0) is 88.0 Å². The normalized spacial score (nSPS) is 12.1. The van der Waals surface area contributed by atoms with Crippen LogP contribution < -0.4 is 5.32 Å². The summed E-state index contributed by atoms with van der Waals surface area (Å²) in [7, 11) is 0. The molecular weight excluding hydrogens is 402 g/mol. The fourth-order valence-corrected chi connectivity index (χ4v) is 5.06. The molecular formula is C31H21NO. The Morgan fingerprint density at radius 1 is 0.606 bits per heavy atom. The number of hydrogen-bond acceptors (Lipinski definition) is 2. The van der Waals surface area contributed by atoms with Gasteiger partial charge in [0.2, 0.25) is 0 Å². The molecule has 156 valence electrons. The van der Waals surface area contributed by atoms with Gasteiger partial charge in [-0.25, -0.2) is 0 Å². The van der Waals surface area contributed by atoms with E-state index in [9.17, 15) is 0 Å². The summed E-state index contributed by atoms with van der Waals surface area (Å²) in [5.74, 6) is 0.894. The monoisotopic (exact) mass is 423 g/mol. The average molecular weight is 424 g/mol. The Labute approximate surface area is 192 Å². The van der Waals surface area contributed by atoms with Crippen molar-refractivity contribution in [3.8, 4) is 22.5 Å². The average Bonchev–Trinajstić information content (AvgIpc) is 3.46. The van der Waals surface area contributed by atoms with E-state index in [-0.39, 0.29) is 0 Å². The summed E-state index contributed by atoms with van der Waals surface area (Å²) in [6.45, 7) is 0. The number of hydrogen-bond donors (Lipinski definition) is 1. The largest absolute Gasteiger partial charge is 0.456 e. The molecule has 0 bridgehead atoms. The van der Waals surface area contributed by atoms with E-state index >= 15 is 0 Å². The molecule has 0 saturated carbocycles. The van der Waals surface area contributed by atoms with Gasteiger partial charge in [-0.2, -0.15) is 0 Å². The first kappa shape index (κ1) is 18.3. The van der Waals surface area contributed by atoms with E-state index in [1.54, 1.807) is 0 Å². The first-order chi connectivity index (χ1) is 16.3. The van der Waals surface area contributed by atoms with Gasteiger partial charge in [-0.3, -0.25) is 0 Å². The highest BCUT2D eigenvalue weighted by Gasteiger charge is 2.20. The number of rotatable bonds is 3. The maximum Gasteiger partial charge on any atom is 0.135 e. The maximum atomic E-state index is 6.00. The minimum atomic E-state index is 0.894. The zero-order chi connectivity index (χ0) is 21.8. The summed E-state index contributed by atoms with van der Waals surface area (Å²) in [5.41, 5.74) is 9.71. The molecule has 7 rings (SSSR count). The van der Waals surface area contributed by atoms with Gasteiger partial charge in [-0.15, -0.1) is 0 Å². The van der Waals surface area contributed by atoms with Crippen molar-refractivity contribution < 1.29 is 4.42 Å². The molecule has 1 N–H and O–H groups in total. The molecule has 0 radical (unpaired) electrons. The molecule has 1 aliphatic rings. The summed E-state index contributed by atoms with van der Waals surface area (Å²) >= 11 is 0. The van der Waals surface area contributed by atoms with Crippen LogP contribution in [0.15, 0.2) is 114 Å². The predicted molar refractivity (Wildman–Crippen MR) is 137 cm³/mol. The smallest absolute Gasteiger partial charge is 0.135 e. The Hall–Kier alpha value is -4.30. The van der Waals surface area contributed by atoms with Crippen LogP contribution in [0.1, 0.15) is 11.1 Å². The topological polar surface area (TPSA) is 25.2 Å². The summed E-state index contributed by atoms with van der Waals surface area (Å²) in [6.07, 6.45) is 0.982. The number of benzene rings is 5. The van der Waals surface area contributed by atoms with E-state index in [4.69, 9.17) is 4.42 Å². The molecule has 1 heterocycles. The van der Waals surface area contributed by atoms with Crippen LogP contribution in [-0.2, 0) is 6.42 Å². The molecule has 33 heavy (non-hydrogen) atoms. The SMILES string of the molecule is c1ccc2oc(-c3ccc(Nc4ccc5c(c4)Cc4ccc6ccccc6c4-5)cc3)cc2c1. The molecule has 0 spiro atoms. The quantitative estimate of drug-likeness (QED) is 0.308. The van der Waals surface area contributed by atoms with Crippen LogP contribution in [0.4, 0.5) is 11.4 Å². The highest BCUT2D eigenvalue weighted by Crippen LogP contribution is 2.42. The van der Waals surface area contributed by atoms with Crippen molar-refractivity contribution in [2.75, 3.05) is 5.32 Å². The van der Waals surface area contributed by atoms with Crippen LogP contribution in [0.5, 0.6) is 0 Å². The minimum absolute atomic E-state index is 0.894. The molecule has 1 aliphatic carbocycles. The molecule has 0 amide bonds. The van der Waals surface area contributed by atoms with Gasteiger partial charge in [0, 0.05) is 22.3 Å². The van der Waals surface area contributed by atoms with Gasteiger partial charge in [0.25, 0.3) is 0 Å². The molecule has 2 heteroatoms. The van der Waals surface area contributed by atoms with E-state index in [2.05, 4.69) is 96.3 Å². The van der Waals surface area contributed by atoms with Crippen LogP contribution in [0.2, 0.25) is 0 Å². The van der Waals surface area contributed by atoms with E-state index < -0.39 is 0 Å². The summed E-state index contributed by atoms with van der Waals surface area (Å²) in [6, 6.07) is 38.6. The fourth-order valence-electron chi connectivity index (χ4n) is 5.06. The van der Waals surface area contributed by atoms with Crippen molar-refractivity contribution in [1.29, 1.82) is 0 Å². The molecule has 0 saturated heterocycles. The van der Waals surface area contributed by atoms with E-state index in [0.717, 1.165) is 40.1 Å². The van der Waals surface area contributed by atoms with Crippen molar-refractivity contribution in [3.63, 3.8) is 0 Å². The summed E-state index contributed by atoms with van der Waals surface area (Å²) < 4.78 is 6.00. The Bertz CT molecular complexity index is 1620. The second-order valence-corrected chi connectivity index (χ2v) is 8.72. The van der Waals surface area contributed by atoms with Crippen molar-refractivity contribution >= 4 is 33.1 Å². The first-order valence-electron chi connectivity index (χ1n) is 11.3. The number of anilines is 2. The lowest BCUT2D eigenvalue weighted by molar-refractivity contribution is 0.631. The third-order valence-electron chi connectivity index (χ3n) is 6.65. The lowest BCUT2D eigenvalue weighted by atomic mass is 9.98.